The molecule has 3 aliphatic heterocycles. The summed E-state index contributed by atoms with van der Waals surface area (Å²) in [6, 6.07) is -1.01. The van der Waals surface area contributed by atoms with E-state index in [1.54, 1.807) is 6.08 Å². The van der Waals surface area contributed by atoms with Crippen LogP contribution in [0.3, 0.4) is 0 Å². The summed E-state index contributed by atoms with van der Waals surface area (Å²) >= 11 is 0. The zero-order valence-corrected chi connectivity index (χ0v) is 60.4. The van der Waals surface area contributed by atoms with Crippen LogP contribution in [0.15, 0.2) is 158 Å². The molecule has 3 saturated heterocycles. The second kappa shape index (κ2) is 59.8. The number of ether oxygens (including phenoxy) is 6. The first-order valence-corrected chi connectivity index (χ1v) is 37.7. The second-order valence-corrected chi connectivity index (χ2v) is 26.0. The van der Waals surface area contributed by atoms with E-state index >= 15 is 0 Å². The van der Waals surface area contributed by atoms with Crippen LogP contribution in [0.4, 0.5) is 0 Å². The van der Waals surface area contributed by atoms with E-state index in [1.165, 1.54) is 44.9 Å². The molecule has 0 aliphatic carbocycles. The molecule has 3 rings (SSSR count). The lowest BCUT2D eigenvalue weighted by molar-refractivity contribution is -0.379. The van der Waals surface area contributed by atoms with Gasteiger partial charge in [-0.15, -0.1) is 0 Å². The molecule has 12 N–H and O–H groups in total. The molecular formula is C81H131NO18. The van der Waals surface area contributed by atoms with E-state index < -0.39 is 124 Å². The minimum atomic E-state index is -1.99. The van der Waals surface area contributed by atoms with Gasteiger partial charge >= 0.3 is 0 Å². The molecule has 3 aliphatic rings. The highest BCUT2D eigenvalue weighted by Crippen LogP contribution is 2.33. The van der Waals surface area contributed by atoms with Crippen molar-refractivity contribution in [1.82, 2.24) is 5.32 Å². The summed E-state index contributed by atoms with van der Waals surface area (Å²) in [7, 11) is 0. The van der Waals surface area contributed by atoms with Crippen LogP contribution in [-0.2, 0) is 33.2 Å². The fraction of sp³-hybridized carbons (Fsp3) is 0.667. The van der Waals surface area contributed by atoms with E-state index in [4.69, 9.17) is 28.4 Å². The summed E-state index contributed by atoms with van der Waals surface area (Å²) in [5, 5.41) is 120. The number of carbonyl (C=O) groups excluding carboxylic acids is 1. The highest BCUT2D eigenvalue weighted by Gasteiger charge is 2.53. The van der Waals surface area contributed by atoms with Crippen LogP contribution in [0.2, 0.25) is 0 Å². The Balaban J connectivity index is 1.35. The van der Waals surface area contributed by atoms with E-state index in [2.05, 4.69) is 165 Å². The molecule has 100 heavy (non-hydrogen) atoms. The number of nitrogens with one attached hydrogen (secondary N) is 1. The van der Waals surface area contributed by atoms with E-state index in [9.17, 15) is 61.0 Å². The van der Waals surface area contributed by atoms with E-state index in [-0.39, 0.29) is 18.9 Å². The molecule has 3 heterocycles. The van der Waals surface area contributed by atoms with Crippen LogP contribution in [0.25, 0.3) is 0 Å². The molecule has 0 aromatic heterocycles. The molecule has 19 heteroatoms. The SMILES string of the molecule is CC/C=C\C/C=C\C/C=C\C/C=C\C/C=C\C/C=C\C/C=C\C/C=C\C/C=C\C/C=C\C/C=C\CCCCCCCCCC(=O)NC(COC1OC(CO)C(OC2OC(CO)C(OC3OC(CO)C(O)C(O)C3O)C(O)C2O)C(O)C1O)C(O)/C=C/CC/C=C/CCCCCCCCCC. The van der Waals surface area contributed by atoms with E-state index in [0.29, 0.717) is 12.8 Å². The zero-order chi connectivity index (χ0) is 72.5. The van der Waals surface area contributed by atoms with E-state index in [1.807, 2.05) is 6.08 Å². The van der Waals surface area contributed by atoms with Gasteiger partial charge in [0.1, 0.15) is 73.2 Å². The average Bonchev–Trinajstić information content (AvgIpc) is 0.783. The molecule has 0 radical (unpaired) electrons. The lowest BCUT2D eigenvalue weighted by atomic mass is 9.96. The van der Waals surface area contributed by atoms with Crippen molar-refractivity contribution in [1.29, 1.82) is 0 Å². The lowest BCUT2D eigenvalue weighted by Gasteiger charge is -2.48. The highest BCUT2D eigenvalue weighted by molar-refractivity contribution is 5.76. The van der Waals surface area contributed by atoms with Crippen molar-refractivity contribution in [3.05, 3.63) is 158 Å². The molecular weight excluding hydrogens is 1270 g/mol. The minimum Gasteiger partial charge on any atom is -0.394 e. The summed E-state index contributed by atoms with van der Waals surface area (Å²) < 4.78 is 34.3. The highest BCUT2D eigenvalue weighted by atomic mass is 16.8. The number of rotatable bonds is 56. The van der Waals surface area contributed by atoms with Gasteiger partial charge in [-0.25, -0.2) is 0 Å². The molecule has 0 aromatic rings. The number of aliphatic hydroxyl groups excluding tert-OH is 11. The van der Waals surface area contributed by atoms with Gasteiger partial charge in [-0.1, -0.05) is 249 Å². The quantitative estimate of drug-likeness (QED) is 0.0199. The predicted octanol–water partition coefficient (Wildman–Crippen LogP) is 11.7. The van der Waals surface area contributed by atoms with Crippen molar-refractivity contribution in [3.8, 4) is 0 Å². The van der Waals surface area contributed by atoms with Gasteiger partial charge in [-0.05, 0) is 116 Å². The summed E-state index contributed by atoms with van der Waals surface area (Å²) in [6.45, 7) is 1.55. The first-order valence-electron chi connectivity index (χ1n) is 37.7. The molecule has 19 nitrogen and oxygen atoms in total. The standard InChI is InChI=1S/C81H131NO18/c1-3-5-7-9-11-13-15-17-19-20-21-22-23-24-25-26-27-28-29-30-31-32-33-34-35-36-37-38-39-40-41-42-43-44-45-47-49-51-53-55-57-59-69(87)82-64(65(86)58-56-54-52-50-48-46-18-16-14-12-10-8-6-4-2)63-95-79-75(93)72(90)77(67(61-84)97-79)100-81-76(94)73(91)78(68(62-85)98-81)99-80-74(92)71(89)70(88)66(60-83)96-80/h5,7,11,13,17,19,21-22,24-25,27-28,30-31,33-34,36-37,39-40,42-43,48,50,56,58,64-68,70-81,83-86,88-94H,3-4,6,8-10,12,14-16,18,20,23,26,29,32,35,38,41,44-47,49,51-55,57,59-63H2,1-2H3,(H,82,87)/b7-5-,13-11-,19-17-,22-21-,25-24-,28-27-,31-30-,34-33-,37-36-,40-39-,43-42-,50-48+,58-56+. The lowest BCUT2D eigenvalue weighted by Crippen LogP contribution is -2.66. The van der Waals surface area contributed by atoms with Crippen LogP contribution >= 0.6 is 0 Å². The second-order valence-electron chi connectivity index (χ2n) is 26.0. The van der Waals surface area contributed by atoms with Crippen LogP contribution < -0.4 is 5.32 Å². The average molecular weight is 1410 g/mol. The molecule has 0 bridgehead atoms. The van der Waals surface area contributed by atoms with Crippen molar-refractivity contribution in [2.45, 2.75) is 317 Å². The number of hydrogen-bond donors (Lipinski definition) is 12. The number of amides is 1. The molecule has 3 fully saturated rings. The largest absolute Gasteiger partial charge is 0.394 e. The number of carbonyl (C=O) groups is 1. The van der Waals surface area contributed by atoms with Gasteiger partial charge in [0.25, 0.3) is 0 Å². The maximum Gasteiger partial charge on any atom is 0.220 e. The van der Waals surface area contributed by atoms with Gasteiger partial charge in [0.15, 0.2) is 18.9 Å². The Kier molecular flexibility index (Phi) is 53.6. The fourth-order valence-corrected chi connectivity index (χ4v) is 11.5. The van der Waals surface area contributed by atoms with Gasteiger partial charge < -0.3 is 89.9 Å². The van der Waals surface area contributed by atoms with Crippen molar-refractivity contribution in [2.75, 3.05) is 26.4 Å². The summed E-state index contributed by atoms with van der Waals surface area (Å²) in [4.78, 5) is 13.4. The monoisotopic (exact) mass is 1410 g/mol. The Labute approximate surface area is 599 Å². The van der Waals surface area contributed by atoms with Gasteiger partial charge in [-0.2, -0.15) is 0 Å². The molecule has 568 valence electrons. The van der Waals surface area contributed by atoms with Gasteiger partial charge in [-0.3, -0.25) is 4.79 Å². The third-order valence-electron chi connectivity index (χ3n) is 17.6. The van der Waals surface area contributed by atoms with Crippen LogP contribution in [0, 0.1) is 0 Å². The number of allylic oxidation sites excluding steroid dienone is 25. The summed E-state index contributed by atoms with van der Waals surface area (Å²) in [5.74, 6) is -0.304. The van der Waals surface area contributed by atoms with E-state index in [0.717, 1.165) is 135 Å². The van der Waals surface area contributed by atoms with Crippen LogP contribution in [0.1, 0.15) is 213 Å². The Morgan fingerprint density at radius 1 is 0.370 bits per heavy atom. The Morgan fingerprint density at radius 3 is 1.12 bits per heavy atom. The van der Waals surface area contributed by atoms with Gasteiger partial charge in [0, 0.05) is 6.42 Å². The number of unbranched alkanes of at least 4 members (excludes halogenated alkanes) is 16. The maximum absolute atomic E-state index is 13.4. The zero-order valence-electron chi connectivity index (χ0n) is 60.4. The van der Waals surface area contributed by atoms with Crippen molar-refractivity contribution < 1.29 is 89.4 Å². The molecule has 1 amide bonds. The number of hydrogen-bond acceptors (Lipinski definition) is 18. The van der Waals surface area contributed by atoms with Crippen LogP contribution in [0.5, 0.6) is 0 Å². The Bertz CT molecular complexity index is 2430. The van der Waals surface area contributed by atoms with Gasteiger partial charge in [0.2, 0.25) is 5.91 Å². The molecule has 17 unspecified atom stereocenters. The first-order chi connectivity index (χ1) is 48.8. The minimum absolute atomic E-state index is 0.212. The fourth-order valence-electron chi connectivity index (χ4n) is 11.5. The Hall–Kier alpha value is -4.59. The molecule has 17 atom stereocenters. The third kappa shape index (κ3) is 39.9. The van der Waals surface area contributed by atoms with Crippen LogP contribution in [-0.4, -0.2) is 193 Å². The maximum atomic E-state index is 13.4. The first kappa shape index (κ1) is 89.6. The smallest absolute Gasteiger partial charge is 0.220 e. The summed E-state index contributed by atoms with van der Waals surface area (Å²) in [6.07, 6.45) is 60.9. The predicted molar refractivity (Wildman–Crippen MR) is 396 cm³/mol. The van der Waals surface area contributed by atoms with Gasteiger partial charge in [0.05, 0.1) is 38.6 Å². The molecule has 0 saturated carbocycles. The third-order valence-corrected chi connectivity index (χ3v) is 17.6. The van der Waals surface area contributed by atoms with Crippen molar-refractivity contribution >= 4 is 5.91 Å². The van der Waals surface area contributed by atoms with Crippen molar-refractivity contribution in [3.63, 3.8) is 0 Å². The molecule has 0 spiro atoms. The summed E-state index contributed by atoms with van der Waals surface area (Å²) in [5.41, 5.74) is 0. The Morgan fingerprint density at radius 2 is 0.700 bits per heavy atom. The van der Waals surface area contributed by atoms with Crippen molar-refractivity contribution in [2.24, 2.45) is 0 Å². The molecule has 0 aromatic carbocycles. The normalized spacial score (nSPS) is 27.4. The number of aliphatic hydroxyl groups is 11. The topological polar surface area (TPSA) is 307 Å².